The summed E-state index contributed by atoms with van der Waals surface area (Å²) < 4.78 is 39.3. The fraction of sp³-hybridized carbons (Fsp3) is 0.600. The van der Waals surface area contributed by atoms with Crippen molar-refractivity contribution in [3.05, 3.63) is 29.3 Å². The molecule has 2 rings (SSSR count). The highest BCUT2D eigenvalue weighted by atomic mass is 35.5. The molecule has 0 aliphatic carbocycles. The third-order valence-electron chi connectivity index (χ3n) is 4.27. The van der Waals surface area contributed by atoms with Gasteiger partial charge in [0.25, 0.3) is 0 Å². The van der Waals surface area contributed by atoms with Gasteiger partial charge in [0.2, 0.25) is 0 Å². The van der Waals surface area contributed by atoms with Gasteiger partial charge in [0, 0.05) is 36.7 Å². The Balaban J connectivity index is 2.33. The van der Waals surface area contributed by atoms with Crippen LogP contribution in [0.5, 0.6) is 0 Å². The summed E-state index contributed by atoms with van der Waals surface area (Å²) in [5.41, 5.74) is 0.111. The molecule has 1 heterocycles. The molecular formula is C15H20ClF3N2. The quantitative estimate of drug-likeness (QED) is 0.761. The lowest BCUT2D eigenvalue weighted by Crippen LogP contribution is -2.55. The Morgan fingerprint density at radius 3 is 2.24 bits per heavy atom. The van der Waals surface area contributed by atoms with E-state index in [0.29, 0.717) is 17.8 Å². The van der Waals surface area contributed by atoms with Crippen LogP contribution in [0.15, 0.2) is 18.2 Å². The van der Waals surface area contributed by atoms with Crippen LogP contribution in [-0.4, -0.2) is 37.1 Å². The van der Waals surface area contributed by atoms with Gasteiger partial charge >= 0.3 is 6.18 Å². The van der Waals surface area contributed by atoms with E-state index in [-0.39, 0.29) is 11.4 Å². The molecule has 0 radical (unpaired) electrons. The Morgan fingerprint density at radius 2 is 1.76 bits per heavy atom. The van der Waals surface area contributed by atoms with Crippen LogP contribution in [0.25, 0.3) is 0 Å². The molecule has 1 fully saturated rings. The normalized spacial score (nSPS) is 24.4. The second-order valence-electron chi connectivity index (χ2n) is 5.74. The number of anilines is 1. The van der Waals surface area contributed by atoms with Crippen LogP contribution in [0, 0.1) is 0 Å². The van der Waals surface area contributed by atoms with E-state index in [0.717, 1.165) is 13.1 Å². The predicted molar refractivity (Wildman–Crippen MR) is 79.9 cm³/mol. The number of halogens is 4. The lowest BCUT2D eigenvalue weighted by Gasteiger charge is -2.43. The van der Waals surface area contributed by atoms with Crippen molar-refractivity contribution in [2.75, 3.05) is 25.0 Å². The molecule has 2 atom stereocenters. The van der Waals surface area contributed by atoms with Crippen LogP contribution < -0.4 is 4.90 Å². The van der Waals surface area contributed by atoms with Gasteiger partial charge in [-0.1, -0.05) is 6.07 Å². The van der Waals surface area contributed by atoms with Gasteiger partial charge in [-0.05, 0) is 38.6 Å². The third kappa shape index (κ3) is 3.46. The molecule has 2 nitrogen and oxygen atoms in total. The average molecular weight is 321 g/mol. The maximum Gasteiger partial charge on any atom is 0.416 e. The predicted octanol–water partition coefficient (Wildman–Crippen LogP) is 3.97. The van der Waals surface area contributed by atoms with Crippen molar-refractivity contribution in [2.45, 2.75) is 38.0 Å². The Morgan fingerprint density at radius 1 is 1.19 bits per heavy atom. The zero-order valence-corrected chi connectivity index (χ0v) is 13.2. The molecule has 0 bridgehead atoms. The molecule has 21 heavy (non-hydrogen) atoms. The molecule has 118 valence electrons. The summed E-state index contributed by atoms with van der Waals surface area (Å²) in [6.07, 6.45) is -4.37. The maximum absolute atomic E-state index is 13.1. The first kappa shape index (κ1) is 16.4. The fourth-order valence-corrected chi connectivity index (χ4v) is 2.99. The number of hydrogen-bond donors (Lipinski definition) is 0. The van der Waals surface area contributed by atoms with Crippen LogP contribution >= 0.6 is 11.6 Å². The number of likely N-dealkylation sites (N-methyl/N-ethyl adjacent to an activating group) is 1. The minimum atomic E-state index is -4.37. The number of benzene rings is 1. The topological polar surface area (TPSA) is 6.48 Å². The SMILES string of the molecule is CC1CN(c2ccc(CCl)c(C(F)(F)F)c2)CC(C)N1C. The van der Waals surface area contributed by atoms with Crippen LogP contribution in [0.4, 0.5) is 18.9 Å². The van der Waals surface area contributed by atoms with Gasteiger partial charge in [-0.25, -0.2) is 0 Å². The highest BCUT2D eigenvalue weighted by Crippen LogP contribution is 2.36. The standard InChI is InChI=1S/C15H20ClF3N2/c1-10-8-21(9-11(2)20(10)3)13-5-4-12(7-16)14(6-13)15(17,18)19/h4-6,10-11H,7-9H2,1-3H3. The molecule has 0 spiro atoms. The first-order valence-corrected chi connectivity index (χ1v) is 7.50. The van der Waals surface area contributed by atoms with E-state index in [2.05, 4.69) is 18.7 Å². The monoisotopic (exact) mass is 320 g/mol. The van der Waals surface area contributed by atoms with Crippen molar-refractivity contribution in [3.8, 4) is 0 Å². The molecule has 1 aromatic carbocycles. The second-order valence-corrected chi connectivity index (χ2v) is 6.01. The number of piperazine rings is 1. The van der Waals surface area contributed by atoms with Crippen molar-refractivity contribution in [1.82, 2.24) is 4.90 Å². The first-order chi connectivity index (χ1) is 9.74. The minimum absolute atomic E-state index is 0.128. The number of rotatable bonds is 2. The van der Waals surface area contributed by atoms with Crippen LogP contribution in [0.1, 0.15) is 25.0 Å². The summed E-state index contributed by atoms with van der Waals surface area (Å²) in [4.78, 5) is 4.26. The van der Waals surface area contributed by atoms with E-state index >= 15 is 0 Å². The third-order valence-corrected chi connectivity index (χ3v) is 4.56. The van der Waals surface area contributed by atoms with E-state index in [1.165, 1.54) is 12.1 Å². The average Bonchev–Trinajstić information content (AvgIpc) is 2.42. The molecule has 1 aromatic rings. The van der Waals surface area contributed by atoms with Crippen molar-refractivity contribution in [3.63, 3.8) is 0 Å². The Bertz CT molecular complexity index is 492. The van der Waals surface area contributed by atoms with Crippen molar-refractivity contribution < 1.29 is 13.2 Å². The van der Waals surface area contributed by atoms with Crippen LogP contribution in [0.3, 0.4) is 0 Å². The number of nitrogens with zero attached hydrogens (tertiary/aromatic N) is 2. The maximum atomic E-state index is 13.1. The molecule has 0 aromatic heterocycles. The summed E-state index contributed by atoms with van der Waals surface area (Å²) in [5, 5.41) is 0. The van der Waals surface area contributed by atoms with Gasteiger partial charge in [0.05, 0.1) is 5.56 Å². The summed E-state index contributed by atoms with van der Waals surface area (Å²) >= 11 is 5.62. The molecule has 2 unspecified atom stereocenters. The first-order valence-electron chi connectivity index (χ1n) is 6.97. The van der Waals surface area contributed by atoms with E-state index in [9.17, 15) is 13.2 Å². The summed E-state index contributed by atoms with van der Waals surface area (Å²) in [6, 6.07) is 5.05. The van der Waals surface area contributed by atoms with E-state index in [4.69, 9.17) is 11.6 Å². The van der Waals surface area contributed by atoms with Gasteiger partial charge < -0.3 is 4.90 Å². The Labute approximate surface area is 128 Å². The molecule has 0 amide bonds. The van der Waals surface area contributed by atoms with Crippen molar-refractivity contribution >= 4 is 17.3 Å². The highest BCUT2D eigenvalue weighted by Gasteiger charge is 2.34. The van der Waals surface area contributed by atoms with Crippen LogP contribution in [-0.2, 0) is 12.1 Å². The zero-order valence-electron chi connectivity index (χ0n) is 12.4. The van der Waals surface area contributed by atoms with Crippen molar-refractivity contribution in [1.29, 1.82) is 0 Å². The number of hydrogen-bond acceptors (Lipinski definition) is 2. The van der Waals surface area contributed by atoms with E-state index in [1.54, 1.807) is 6.07 Å². The lowest BCUT2D eigenvalue weighted by atomic mass is 10.0. The number of alkyl halides is 4. The molecule has 6 heteroatoms. The minimum Gasteiger partial charge on any atom is -0.368 e. The van der Waals surface area contributed by atoms with Gasteiger partial charge in [-0.3, -0.25) is 4.90 Å². The smallest absolute Gasteiger partial charge is 0.368 e. The largest absolute Gasteiger partial charge is 0.416 e. The Kier molecular flexibility index (Phi) is 4.73. The van der Waals surface area contributed by atoms with E-state index < -0.39 is 11.7 Å². The highest BCUT2D eigenvalue weighted by molar-refractivity contribution is 6.17. The zero-order chi connectivity index (χ0) is 15.8. The van der Waals surface area contributed by atoms with Crippen LogP contribution in [0.2, 0.25) is 0 Å². The molecule has 0 N–H and O–H groups in total. The van der Waals surface area contributed by atoms with Gasteiger partial charge in [0.15, 0.2) is 0 Å². The Hall–Kier alpha value is -0.940. The molecular weight excluding hydrogens is 301 g/mol. The second kappa shape index (κ2) is 6.05. The van der Waals surface area contributed by atoms with E-state index in [1.807, 2.05) is 11.9 Å². The van der Waals surface area contributed by atoms with Gasteiger partial charge in [0.1, 0.15) is 0 Å². The lowest BCUT2D eigenvalue weighted by molar-refractivity contribution is -0.138. The molecule has 1 saturated heterocycles. The molecule has 0 saturated carbocycles. The summed E-state index contributed by atoms with van der Waals surface area (Å²) in [5.74, 6) is -0.134. The molecule has 1 aliphatic rings. The van der Waals surface area contributed by atoms with Crippen molar-refractivity contribution in [2.24, 2.45) is 0 Å². The van der Waals surface area contributed by atoms with Gasteiger partial charge in [-0.2, -0.15) is 13.2 Å². The summed E-state index contributed by atoms with van der Waals surface area (Å²) in [6.45, 7) is 5.61. The summed E-state index contributed by atoms with van der Waals surface area (Å²) in [7, 11) is 2.05. The fourth-order valence-electron chi connectivity index (χ4n) is 2.76. The molecule has 1 aliphatic heterocycles. The van der Waals surface area contributed by atoms with Gasteiger partial charge in [-0.15, -0.1) is 11.6 Å².